The lowest BCUT2D eigenvalue weighted by atomic mass is 10.5. The lowest BCUT2D eigenvalue weighted by Gasteiger charge is -2.04. The topological polar surface area (TPSA) is 17.8 Å². The van der Waals surface area contributed by atoms with Crippen LogP contribution in [0.4, 0.5) is 0 Å². The van der Waals surface area contributed by atoms with Gasteiger partial charge < -0.3 is 4.57 Å². The van der Waals surface area contributed by atoms with Gasteiger partial charge in [-0.15, -0.1) is 23.2 Å². The van der Waals surface area contributed by atoms with E-state index < -0.39 is 0 Å². The van der Waals surface area contributed by atoms with Crippen molar-refractivity contribution >= 4 is 23.2 Å². The molecule has 0 fully saturated rings. The van der Waals surface area contributed by atoms with Crippen LogP contribution in [-0.4, -0.2) is 20.8 Å². The molecule has 0 unspecified atom stereocenters. The molecule has 0 bridgehead atoms. The van der Waals surface area contributed by atoms with Crippen molar-refractivity contribution in [2.75, 3.05) is 5.88 Å². The van der Waals surface area contributed by atoms with Crippen LogP contribution in [0.2, 0.25) is 0 Å². The van der Waals surface area contributed by atoms with Crippen molar-refractivity contribution in [3.8, 4) is 0 Å². The second kappa shape index (κ2) is 3.84. The molecule has 1 rings (SSSR count). The van der Waals surface area contributed by atoms with Gasteiger partial charge in [-0.05, 0) is 0 Å². The number of aromatic nitrogens is 2. The molecule has 10 heavy (non-hydrogen) atoms. The van der Waals surface area contributed by atoms with Crippen LogP contribution >= 0.6 is 23.2 Å². The summed E-state index contributed by atoms with van der Waals surface area (Å²) in [6.45, 7) is 0.727. The Morgan fingerprint density at radius 2 is 2.40 bits per heavy atom. The summed E-state index contributed by atoms with van der Waals surface area (Å²) >= 11 is 11.3. The molecule has 0 saturated carbocycles. The monoisotopic (exact) mass is 178 g/mol. The largest absolute Gasteiger partial charge is 0.336 e. The number of halogens is 2. The van der Waals surface area contributed by atoms with Gasteiger partial charge in [0, 0.05) is 24.8 Å². The van der Waals surface area contributed by atoms with Crippen LogP contribution in [0.25, 0.3) is 0 Å². The van der Waals surface area contributed by atoms with Gasteiger partial charge in [-0.2, -0.15) is 0 Å². The van der Waals surface area contributed by atoms with E-state index in [1.165, 1.54) is 0 Å². The van der Waals surface area contributed by atoms with Crippen molar-refractivity contribution in [2.24, 2.45) is 0 Å². The molecule has 0 aliphatic rings. The van der Waals surface area contributed by atoms with E-state index in [1.807, 2.05) is 10.8 Å². The lowest BCUT2D eigenvalue weighted by molar-refractivity contribution is 0.688. The van der Waals surface area contributed by atoms with Crippen LogP contribution in [0.3, 0.4) is 0 Å². The summed E-state index contributed by atoms with van der Waals surface area (Å²) in [4.78, 5) is 3.87. The molecular weight excluding hydrogens is 171 g/mol. The van der Waals surface area contributed by atoms with Gasteiger partial charge in [0.25, 0.3) is 0 Å². The van der Waals surface area contributed by atoms with Crippen LogP contribution in [0.1, 0.15) is 0 Å². The highest BCUT2D eigenvalue weighted by Crippen LogP contribution is 2.01. The molecular formula is C6H8Cl2N2. The third-order valence-electron chi connectivity index (χ3n) is 1.14. The zero-order chi connectivity index (χ0) is 7.40. The molecule has 1 aromatic rings. The Kier molecular flexibility index (Phi) is 3.03. The maximum Gasteiger partial charge on any atom is 0.0946 e. The summed E-state index contributed by atoms with van der Waals surface area (Å²) in [6, 6.07) is 0. The van der Waals surface area contributed by atoms with Gasteiger partial charge in [0.05, 0.1) is 11.7 Å². The van der Waals surface area contributed by atoms with E-state index >= 15 is 0 Å². The van der Waals surface area contributed by atoms with E-state index in [0.717, 1.165) is 6.54 Å². The standard InChI is InChI=1S/C6H8Cl2N2/c7-3-6(8)4-10-2-1-9-5-10/h1-2,5-6H,3-4H2/t6-/m0/s1. The summed E-state index contributed by atoms with van der Waals surface area (Å²) < 4.78 is 1.90. The SMILES string of the molecule is ClC[C@H](Cl)Cn1ccnc1. The highest BCUT2D eigenvalue weighted by Gasteiger charge is 2.01. The van der Waals surface area contributed by atoms with Crippen LogP contribution in [0, 0.1) is 0 Å². The first kappa shape index (κ1) is 7.89. The number of nitrogens with zero attached hydrogens (tertiary/aromatic N) is 2. The molecule has 0 aliphatic carbocycles. The number of alkyl halides is 2. The van der Waals surface area contributed by atoms with Gasteiger partial charge in [-0.3, -0.25) is 0 Å². The molecule has 0 N–H and O–H groups in total. The van der Waals surface area contributed by atoms with Crippen molar-refractivity contribution in [3.63, 3.8) is 0 Å². The summed E-state index contributed by atoms with van der Waals surface area (Å²) in [5, 5.41) is -0.00383. The maximum atomic E-state index is 5.78. The minimum absolute atomic E-state index is 0.00383. The van der Waals surface area contributed by atoms with E-state index in [-0.39, 0.29) is 5.38 Å². The van der Waals surface area contributed by atoms with Crippen LogP contribution in [-0.2, 0) is 6.54 Å². The molecule has 56 valence electrons. The lowest BCUT2D eigenvalue weighted by Crippen LogP contribution is -2.09. The molecule has 2 nitrogen and oxygen atoms in total. The Hall–Kier alpha value is -0.210. The molecule has 4 heteroatoms. The predicted molar refractivity (Wildman–Crippen MR) is 42.6 cm³/mol. The third kappa shape index (κ3) is 2.20. The quantitative estimate of drug-likeness (QED) is 0.646. The van der Waals surface area contributed by atoms with E-state index in [9.17, 15) is 0 Å². The fourth-order valence-corrected chi connectivity index (χ4v) is 0.929. The number of hydrogen-bond donors (Lipinski definition) is 0. The van der Waals surface area contributed by atoms with Gasteiger partial charge in [-0.25, -0.2) is 4.98 Å². The van der Waals surface area contributed by atoms with Crippen molar-refractivity contribution in [1.29, 1.82) is 0 Å². The average Bonchev–Trinajstić information content (AvgIpc) is 2.40. The van der Waals surface area contributed by atoms with Crippen LogP contribution in [0.5, 0.6) is 0 Å². The van der Waals surface area contributed by atoms with Crippen LogP contribution in [0.15, 0.2) is 18.7 Å². The first-order valence-electron chi connectivity index (χ1n) is 2.98. The molecule has 1 atom stereocenters. The predicted octanol–water partition coefficient (Wildman–Crippen LogP) is 1.73. The summed E-state index contributed by atoms with van der Waals surface area (Å²) in [7, 11) is 0. The first-order valence-corrected chi connectivity index (χ1v) is 3.96. The Morgan fingerprint density at radius 3 is 2.90 bits per heavy atom. The van der Waals surface area contributed by atoms with Gasteiger partial charge in [0.1, 0.15) is 0 Å². The molecule has 0 aliphatic heterocycles. The van der Waals surface area contributed by atoms with Crippen molar-refractivity contribution in [2.45, 2.75) is 11.9 Å². The van der Waals surface area contributed by atoms with Gasteiger partial charge in [-0.1, -0.05) is 0 Å². The average molecular weight is 179 g/mol. The minimum Gasteiger partial charge on any atom is -0.336 e. The normalized spacial score (nSPS) is 13.4. The Bertz CT molecular complexity index is 174. The zero-order valence-electron chi connectivity index (χ0n) is 5.37. The molecule has 0 spiro atoms. The highest BCUT2D eigenvalue weighted by atomic mass is 35.5. The minimum atomic E-state index is -0.00383. The first-order chi connectivity index (χ1) is 4.83. The second-order valence-corrected chi connectivity index (χ2v) is 2.94. The van der Waals surface area contributed by atoms with Crippen molar-refractivity contribution in [3.05, 3.63) is 18.7 Å². The van der Waals surface area contributed by atoms with E-state index in [0.29, 0.717) is 5.88 Å². The van der Waals surface area contributed by atoms with Crippen molar-refractivity contribution in [1.82, 2.24) is 9.55 Å². The number of imidazole rings is 1. The van der Waals surface area contributed by atoms with Crippen molar-refractivity contribution < 1.29 is 0 Å². The zero-order valence-corrected chi connectivity index (χ0v) is 6.89. The maximum absolute atomic E-state index is 5.78. The smallest absolute Gasteiger partial charge is 0.0946 e. The molecule has 1 heterocycles. The Morgan fingerprint density at radius 1 is 1.60 bits per heavy atom. The Balaban J connectivity index is 2.40. The summed E-state index contributed by atoms with van der Waals surface area (Å²) in [5.41, 5.74) is 0. The summed E-state index contributed by atoms with van der Waals surface area (Å²) in [6.07, 6.45) is 5.31. The van der Waals surface area contributed by atoms with Gasteiger partial charge in [0.2, 0.25) is 0 Å². The second-order valence-electron chi connectivity index (χ2n) is 2.01. The Labute approximate surface area is 69.8 Å². The third-order valence-corrected chi connectivity index (χ3v) is 1.96. The molecule has 0 amide bonds. The van der Waals surface area contributed by atoms with E-state index in [2.05, 4.69) is 4.98 Å². The number of rotatable bonds is 3. The van der Waals surface area contributed by atoms with Gasteiger partial charge in [0.15, 0.2) is 0 Å². The molecule has 1 aromatic heterocycles. The van der Waals surface area contributed by atoms with E-state index in [4.69, 9.17) is 23.2 Å². The highest BCUT2D eigenvalue weighted by molar-refractivity contribution is 6.28. The number of hydrogen-bond acceptors (Lipinski definition) is 1. The van der Waals surface area contributed by atoms with E-state index in [1.54, 1.807) is 12.5 Å². The van der Waals surface area contributed by atoms with Crippen LogP contribution < -0.4 is 0 Å². The fourth-order valence-electron chi connectivity index (χ4n) is 0.672. The van der Waals surface area contributed by atoms with Gasteiger partial charge >= 0.3 is 0 Å². The molecule has 0 radical (unpaired) electrons. The molecule has 0 saturated heterocycles. The fraction of sp³-hybridized carbons (Fsp3) is 0.500. The molecule has 0 aromatic carbocycles. The summed E-state index contributed by atoms with van der Waals surface area (Å²) in [5.74, 6) is 0.472.